The molecule has 0 radical (unpaired) electrons. The van der Waals surface area contributed by atoms with Gasteiger partial charge >= 0.3 is 6.18 Å². The molecule has 0 unspecified atom stereocenters. The van der Waals surface area contributed by atoms with Gasteiger partial charge in [0.2, 0.25) is 0 Å². The first-order chi connectivity index (χ1) is 9.56. The van der Waals surface area contributed by atoms with Crippen molar-refractivity contribution in [3.63, 3.8) is 0 Å². The molecule has 1 amide bonds. The summed E-state index contributed by atoms with van der Waals surface area (Å²) in [6, 6.07) is 3.61. The van der Waals surface area contributed by atoms with Crippen molar-refractivity contribution < 1.29 is 18.0 Å². The number of carbonyl (C=O) groups is 1. The summed E-state index contributed by atoms with van der Waals surface area (Å²) in [5.41, 5.74) is -1.13. The largest absolute Gasteiger partial charge is 0.418 e. The first-order valence-electron chi connectivity index (χ1n) is 6.78. The number of benzene rings is 1. The van der Waals surface area contributed by atoms with Crippen molar-refractivity contribution in [2.75, 3.05) is 18.4 Å². The molecule has 0 aliphatic rings. The number of amides is 1. The molecule has 3 nitrogen and oxygen atoms in total. The van der Waals surface area contributed by atoms with Crippen molar-refractivity contribution in [1.29, 1.82) is 0 Å². The molecule has 0 heterocycles. The van der Waals surface area contributed by atoms with Gasteiger partial charge in [0, 0.05) is 13.1 Å². The summed E-state index contributed by atoms with van der Waals surface area (Å²) in [5.74, 6) is -0.507. The average molecular weight is 302 g/mol. The van der Waals surface area contributed by atoms with Gasteiger partial charge in [-0.2, -0.15) is 13.2 Å². The molecule has 6 heteroatoms. The molecule has 1 aromatic carbocycles. The Kier molecular flexibility index (Phi) is 5.25. The molecule has 0 aliphatic heterocycles. The van der Waals surface area contributed by atoms with Crippen molar-refractivity contribution in [3.05, 3.63) is 29.3 Å². The predicted molar refractivity (Wildman–Crippen MR) is 77.4 cm³/mol. The Bertz CT molecular complexity index is 505. The third-order valence-electron chi connectivity index (χ3n) is 2.75. The molecule has 0 bridgehead atoms. The van der Waals surface area contributed by atoms with E-state index in [1.165, 1.54) is 12.1 Å². The second-order valence-corrected chi connectivity index (χ2v) is 6.00. The van der Waals surface area contributed by atoms with Gasteiger partial charge in [-0.25, -0.2) is 0 Å². The maximum absolute atomic E-state index is 13.0. The summed E-state index contributed by atoms with van der Waals surface area (Å²) in [6.07, 6.45) is -4.50. The molecule has 0 aromatic heterocycles. The molecule has 2 N–H and O–H groups in total. The summed E-state index contributed by atoms with van der Waals surface area (Å²) in [7, 11) is 0. The molecule has 118 valence electrons. The second kappa shape index (κ2) is 6.37. The van der Waals surface area contributed by atoms with Crippen LogP contribution in [0.4, 0.5) is 18.9 Å². The van der Waals surface area contributed by atoms with Crippen LogP contribution in [0.5, 0.6) is 0 Å². The van der Waals surface area contributed by atoms with Crippen LogP contribution in [0.2, 0.25) is 0 Å². The Morgan fingerprint density at radius 3 is 2.29 bits per heavy atom. The van der Waals surface area contributed by atoms with Crippen LogP contribution in [-0.2, 0) is 6.18 Å². The predicted octanol–water partition coefficient (Wildman–Crippen LogP) is 3.91. The molecule has 0 atom stereocenters. The first kappa shape index (κ1) is 17.3. The number of para-hydroxylation sites is 1. The van der Waals surface area contributed by atoms with Crippen LogP contribution in [0.25, 0.3) is 0 Å². The van der Waals surface area contributed by atoms with Crippen molar-refractivity contribution in [1.82, 2.24) is 5.32 Å². The Morgan fingerprint density at radius 1 is 1.19 bits per heavy atom. The van der Waals surface area contributed by atoms with E-state index < -0.39 is 17.6 Å². The molecule has 0 fully saturated rings. The highest BCUT2D eigenvalue weighted by Crippen LogP contribution is 2.36. The zero-order chi connectivity index (χ0) is 16.3. The minimum absolute atomic E-state index is 0.0101. The Balaban J connectivity index is 3.14. The minimum Gasteiger partial charge on any atom is -0.384 e. The van der Waals surface area contributed by atoms with E-state index in [2.05, 4.69) is 10.6 Å². The maximum Gasteiger partial charge on any atom is 0.418 e. The molecule has 0 saturated heterocycles. The number of carbonyl (C=O) groups excluding carboxylic acids is 1. The van der Waals surface area contributed by atoms with E-state index >= 15 is 0 Å². The smallest absolute Gasteiger partial charge is 0.384 e. The van der Waals surface area contributed by atoms with Crippen LogP contribution in [0.15, 0.2) is 18.2 Å². The van der Waals surface area contributed by atoms with Gasteiger partial charge in [-0.05, 0) is 24.5 Å². The van der Waals surface area contributed by atoms with E-state index in [0.29, 0.717) is 13.1 Å². The van der Waals surface area contributed by atoms with Gasteiger partial charge in [0.15, 0.2) is 0 Å². The molecular formula is C15H21F3N2O. The van der Waals surface area contributed by atoms with Crippen molar-refractivity contribution in [2.24, 2.45) is 5.41 Å². The monoisotopic (exact) mass is 302 g/mol. The van der Waals surface area contributed by atoms with Gasteiger partial charge < -0.3 is 10.6 Å². The van der Waals surface area contributed by atoms with Crippen LogP contribution < -0.4 is 10.6 Å². The normalized spacial score (nSPS) is 12.1. The highest BCUT2D eigenvalue weighted by molar-refractivity contribution is 6.00. The standard InChI is InChI=1S/C15H21F3N2O/c1-5-19-12-10(13(21)20-9-14(2,3)4)7-6-8-11(12)15(16,17)18/h6-8,19H,5,9H2,1-4H3,(H,20,21). The summed E-state index contributed by atoms with van der Waals surface area (Å²) in [4.78, 5) is 12.1. The van der Waals surface area contributed by atoms with Crippen LogP contribution in [0.3, 0.4) is 0 Å². The summed E-state index contributed by atoms with van der Waals surface area (Å²) >= 11 is 0. The van der Waals surface area contributed by atoms with E-state index in [1.54, 1.807) is 6.92 Å². The molecule has 1 rings (SSSR count). The zero-order valence-corrected chi connectivity index (χ0v) is 12.7. The number of anilines is 1. The SMILES string of the molecule is CCNc1c(C(=O)NCC(C)(C)C)cccc1C(F)(F)F. The van der Waals surface area contributed by atoms with E-state index in [0.717, 1.165) is 6.07 Å². The van der Waals surface area contributed by atoms with Gasteiger partial charge in [0.05, 0.1) is 16.8 Å². The third kappa shape index (κ3) is 4.95. The Hall–Kier alpha value is -1.72. The van der Waals surface area contributed by atoms with E-state index in [1.807, 2.05) is 20.8 Å². The lowest BCUT2D eigenvalue weighted by Crippen LogP contribution is -2.33. The lowest BCUT2D eigenvalue weighted by Gasteiger charge is -2.21. The van der Waals surface area contributed by atoms with Crippen LogP contribution in [0, 0.1) is 5.41 Å². The van der Waals surface area contributed by atoms with Gasteiger partial charge in [-0.15, -0.1) is 0 Å². The number of hydrogen-bond donors (Lipinski definition) is 2. The average Bonchev–Trinajstić information content (AvgIpc) is 2.34. The van der Waals surface area contributed by atoms with E-state index in [4.69, 9.17) is 0 Å². The maximum atomic E-state index is 13.0. The molecule has 0 spiro atoms. The van der Waals surface area contributed by atoms with Crippen molar-refractivity contribution in [2.45, 2.75) is 33.9 Å². The van der Waals surface area contributed by atoms with Crippen LogP contribution >= 0.6 is 0 Å². The highest BCUT2D eigenvalue weighted by Gasteiger charge is 2.35. The van der Waals surface area contributed by atoms with Crippen molar-refractivity contribution in [3.8, 4) is 0 Å². The zero-order valence-electron chi connectivity index (χ0n) is 12.7. The topological polar surface area (TPSA) is 41.1 Å². The van der Waals surface area contributed by atoms with Gasteiger partial charge in [-0.3, -0.25) is 4.79 Å². The number of hydrogen-bond acceptors (Lipinski definition) is 2. The fourth-order valence-electron chi connectivity index (χ4n) is 1.79. The lowest BCUT2D eigenvalue weighted by atomic mass is 9.96. The number of halogens is 3. The van der Waals surface area contributed by atoms with Crippen molar-refractivity contribution >= 4 is 11.6 Å². The van der Waals surface area contributed by atoms with Crippen LogP contribution in [0.1, 0.15) is 43.6 Å². The van der Waals surface area contributed by atoms with E-state index in [-0.39, 0.29) is 16.7 Å². The fraction of sp³-hybridized carbons (Fsp3) is 0.533. The minimum atomic E-state index is -4.50. The number of alkyl halides is 3. The molecular weight excluding hydrogens is 281 g/mol. The van der Waals surface area contributed by atoms with Gasteiger partial charge in [-0.1, -0.05) is 26.8 Å². The number of nitrogens with one attached hydrogen (secondary N) is 2. The summed E-state index contributed by atoms with van der Waals surface area (Å²) < 4.78 is 39.1. The molecule has 1 aromatic rings. The summed E-state index contributed by atoms with van der Waals surface area (Å²) in [6.45, 7) is 8.17. The molecule has 21 heavy (non-hydrogen) atoms. The highest BCUT2D eigenvalue weighted by atomic mass is 19.4. The third-order valence-corrected chi connectivity index (χ3v) is 2.75. The Morgan fingerprint density at radius 2 is 1.81 bits per heavy atom. The molecule has 0 saturated carbocycles. The fourth-order valence-corrected chi connectivity index (χ4v) is 1.79. The first-order valence-corrected chi connectivity index (χ1v) is 6.78. The lowest BCUT2D eigenvalue weighted by molar-refractivity contribution is -0.137. The van der Waals surface area contributed by atoms with Crippen LogP contribution in [-0.4, -0.2) is 19.0 Å². The van der Waals surface area contributed by atoms with E-state index in [9.17, 15) is 18.0 Å². The van der Waals surface area contributed by atoms with Gasteiger partial charge in [0.25, 0.3) is 5.91 Å². The summed E-state index contributed by atoms with van der Waals surface area (Å²) in [5, 5.41) is 5.32. The quantitative estimate of drug-likeness (QED) is 0.885. The number of rotatable bonds is 4. The Labute approximate surface area is 122 Å². The van der Waals surface area contributed by atoms with Gasteiger partial charge in [0.1, 0.15) is 0 Å². The second-order valence-electron chi connectivity index (χ2n) is 6.00. The molecule has 0 aliphatic carbocycles.